The standard InChI is InChI=1S/C15H17ClFN3O/c1-10(2)8-18-9-11-6-7-14(20-19-11)21-13-5-3-4-12(16)15(13)17/h3-7,10,18H,8-9H2,1-2H3. The fourth-order valence-corrected chi connectivity index (χ4v) is 1.83. The van der Waals surface area contributed by atoms with Crippen LogP contribution in [0.3, 0.4) is 0 Å². The van der Waals surface area contributed by atoms with Crippen LogP contribution in [0.5, 0.6) is 11.6 Å². The van der Waals surface area contributed by atoms with Crippen LogP contribution >= 0.6 is 11.6 Å². The normalized spacial score (nSPS) is 10.9. The van der Waals surface area contributed by atoms with Crippen molar-refractivity contribution in [1.29, 1.82) is 0 Å². The van der Waals surface area contributed by atoms with Crippen LogP contribution in [0.1, 0.15) is 19.5 Å². The Kier molecular flexibility index (Phi) is 5.47. The summed E-state index contributed by atoms with van der Waals surface area (Å²) in [5.74, 6) is 0.223. The first-order chi connectivity index (χ1) is 10.1. The maximum Gasteiger partial charge on any atom is 0.239 e. The summed E-state index contributed by atoms with van der Waals surface area (Å²) in [6.07, 6.45) is 0. The van der Waals surface area contributed by atoms with Crippen molar-refractivity contribution in [3.63, 3.8) is 0 Å². The average Bonchev–Trinajstić information content (AvgIpc) is 2.45. The van der Waals surface area contributed by atoms with Crippen LogP contribution in [-0.4, -0.2) is 16.7 Å². The number of nitrogens with zero attached hydrogens (tertiary/aromatic N) is 2. The first kappa shape index (κ1) is 15.7. The molecule has 1 aromatic carbocycles. The Morgan fingerprint density at radius 1 is 1.24 bits per heavy atom. The number of benzene rings is 1. The number of rotatable bonds is 6. The van der Waals surface area contributed by atoms with Crippen LogP contribution in [0.15, 0.2) is 30.3 Å². The van der Waals surface area contributed by atoms with Crippen LogP contribution in [0.2, 0.25) is 5.02 Å². The lowest BCUT2D eigenvalue weighted by atomic mass is 10.2. The number of hydrogen-bond donors (Lipinski definition) is 1. The minimum absolute atomic E-state index is 0.00923. The molecule has 0 bridgehead atoms. The van der Waals surface area contributed by atoms with Gasteiger partial charge in [0.2, 0.25) is 5.88 Å². The van der Waals surface area contributed by atoms with Gasteiger partial charge in [-0.1, -0.05) is 31.5 Å². The van der Waals surface area contributed by atoms with E-state index in [1.807, 2.05) is 0 Å². The molecule has 0 aliphatic rings. The Labute approximate surface area is 128 Å². The second-order valence-electron chi connectivity index (χ2n) is 5.04. The van der Waals surface area contributed by atoms with E-state index in [1.165, 1.54) is 12.1 Å². The highest BCUT2D eigenvalue weighted by molar-refractivity contribution is 6.30. The molecule has 1 heterocycles. The van der Waals surface area contributed by atoms with Crippen LogP contribution < -0.4 is 10.1 Å². The fourth-order valence-electron chi connectivity index (χ4n) is 1.66. The molecule has 0 amide bonds. The Morgan fingerprint density at radius 2 is 2.05 bits per heavy atom. The number of nitrogens with one attached hydrogen (secondary N) is 1. The number of halogens is 2. The molecule has 1 N–H and O–H groups in total. The van der Waals surface area contributed by atoms with Crippen LogP contribution in [0, 0.1) is 11.7 Å². The van der Waals surface area contributed by atoms with Gasteiger partial charge in [-0.15, -0.1) is 5.10 Å². The molecule has 0 saturated carbocycles. The van der Waals surface area contributed by atoms with Gasteiger partial charge in [0.15, 0.2) is 11.6 Å². The van der Waals surface area contributed by atoms with Gasteiger partial charge in [-0.25, -0.2) is 4.39 Å². The van der Waals surface area contributed by atoms with Gasteiger partial charge >= 0.3 is 0 Å². The predicted molar refractivity (Wildman–Crippen MR) is 80.1 cm³/mol. The van der Waals surface area contributed by atoms with Crippen molar-refractivity contribution in [3.8, 4) is 11.6 Å². The summed E-state index contributed by atoms with van der Waals surface area (Å²) in [4.78, 5) is 0. The predicted octanol–water partition coefficient (Wildman–Crippen LogP) is 3.81. The number of ether oxygens (including phenoxy) is 1. The van der Waals surface area contributed by atoms with Gasteiger partial charge in [0, 0.05) is 12.6 Å². The molecule has 2 rings (SSSR count). The van der Waals surface area contributed by atoms with Crippen molar-refractivity contribution >= 4 is 11.6 Å². The van der Waals surface area contributed by atoms with Crippen molar-refractivity contribution in [2.75, 3.05) is 6.54 Å². The Balaban J connectivity index is 1.97. The molecular formula is C15H17ClFN3O. The quantitative estimate of drug-likeness (QED) is 0.881. The molecule has 0 spiro atoms. The van der Waals surface area contributed by atoms with E-state index < -0.39 is 5.82 Å². The SMILES string of the molecule is CC(C)CNCc1ccc(Oc2cccc(Cl)c2F)nn1. The second kappa shape index (κ2) is 7.33. The molecule has 0 atom stereocenters. The largest absolute Gasteiger partial charge is 0.434 e. The van der Waals surface area contributed by atoms with Crippen LogP contribution in [-0.2, 0) is 6.54 Å². The summed E-state index contributed by atoms with van der Waals surface area (Å²) < 4.78 is 19.0. The summed E-state index contributed by atoms with van der Waals surface area (Å²) in [7, 11) is 0. The van der Waals surface area contributed by atoms with Gasteiger partial charge in [-0.05, 0) is 30.7 Å². The molecule has 112 valence electrons. The average molecular weight is 310 g/mol. The van der Waals surface area contributed by atoms with E-state index in [9.17, 15) is 4.39 Å². The second-order valence-corrected chi connectivity index (χ2v) is 5.45. The zero-order valence-electron chi connectivity index (χ0n) is 11.9. The highest BCUT2D eigenvalue weighted by Crippen LogP contribution is 2.27. The van der Waals surface area contributed by atoms with Crippen LogP contribution in [0.25, 0.3) is 0 Å². The topological polar surface area (TPSA) is 47.0 Å². The van der Waals surface area contributed by atoms with E-state index in [4.69, 9.17) is 16.3 Å². The summed E-state index contributed by atoms with van der Waals surface area (Å²) in [5, 5.41) is 11.2. The van der Waals surface area contributed by atoms with E-state index in [-0.39, 0.29) is 16.7 Å². The third-order valence-corrected chi connectivity index (χ3v) is 2.98. The van der Waals surface area contributed by atoms with Gasteiger partial charge in [-0.2, -0.15) is 5.10 Å². The first-order valence-corrected chi connectivity index (χ1v) is 7.09. The van der Waals surface area contributed by atoms with Crippen molar-refractivity contribution in [2.24, 2.45) is 5.92 Å². The van der Waals surface area contributed by atoms with Crippen molar-refractivity contribution in [2.45, 2.75) is 20.4 Å². The Hall–Kier alpha value is -1.72. The lowest BCUT2D eigenvalue weighted by Gasteiger charge is -2.08. The lowest BCUT2D eigenvalue weighted by molar-refractivity contribution is 0.420. The van der Waals surface area contributed by atoms with E-state index in [1.54, 1.807) is 18.2 Å². The first-order valence-electron chi connectivity index (χ1n) is 6.71. The van der Waals surface area contributed by atoms with Gasteiger partial charge in [0.25, 0.3) is 0 Å². The summed E-state index contributed by atoms with van der Waals surface area (Å²) >= 11 is 5.69. The van der Waals surface area contributed by atoms with Gasteiger partial charge in [0.05, 0.1) is 10.7 Å². The molecule has 0 unspecified atom stereocenters. The Bertz CT molecular complexity index is 590. The molecule has 21 heavy (non-hydrogen) atoms. The van der Waals surface area contributed by atoms with Crippen molar-refractivity contribution in [1.82, 2.24) is 15.5 Å². The van der Waals surface area contributed by atoms with Gasteiger partial charge in [-0.3, -0.25) is 0 Å². The number of aromatic nitrogens is 2. The summed E-state index contributed by atoms with van der Waals surface area (Å²) in [5.41, 5.74) is 0.801. The van der Waals surface area contributed by atoms with E-state index >= 15 is 0 Å². The molecule has 6 heteroatoms. The zero-order valence-corrected chi connectivity index (χ0v) is 12.7. The maximum atomic E-state index is 13.7. The highest BCUT2D eigenvalue weighted by Gasteiger charge is 2.09. The Morgan fingerprint density at radius 3 is 2.71 bits per heavy atom. The lowest BCUT2D eigenvalue weighted by Crippen LogP contribution is -2.19. The summed E-state index contributed by atoms with van der Waals surface area (Å²) in [6.45, 7) is 5.81. The summed E-state index contributed by atoms with van der Waals surface area (Å²) in [6, 6.07) is 8.00. The van der Waals surface area contributed by atoms with Crippen molar-refractivity contribution < 1.29 is 9.13 Å². The minimum Gasteiger partial charge on any atom is -0.434 e. The molecule has 0 aliphatic heterocycles. The molecule has 0 radical (unpaired) electrons. The third kappa shape index (κ3) is 4.65. The molecule has 1 aromatic heterocycles. The highest BCUT2D eigenvalue weighted by atomic mass is 35.5. The van der Waals surface area contributed by atoms with E-state index in [0.29, 0.717) is 12.5 Å². The zero-order chi connectivity index (χ0) is 15.2. The molecule has 0 fully saturated rings. The fraction of sp³-hybridized carbons (Fsp3) is 0.333. The van der Waals surface area contributed by atoms with Crippen molar-refractivity contribution in [3.05, 3.63) is 46.9 Å². The third-order valence-electron chi connectivity index (χ3n) is 2.68. The molecule has 2 aromatic rings. The van der Waals surface area contributed by atoms with E-state index in [0.717, 1.165) is 12.2 Å². The monoisotopic (exact) mass is 309 g/mol. The minimum atomic E-state index is -0.608. The number of hydrogen-bond acceptors (Lipinski definition) is 4. The van der Waals surface area contributed by atoms with Gasteiger partial charge < -0.3 is 10.1 Å². The smallest absolute Gasteiger partial charge is 0.239 e. The molecule has 0 saturated heterocycles. The molecule has 0 aliphatic carbocycles. The maximum absolute atomic E-state index is 13.7. The molecule has 4 nitrogen and oxygen atoms in total. The van der Waals surface area contributed by atoms with Crippen LogP contribution in [0.4, 0.5) is 4.39 Å². The van der Waals surface area contributed by atoms with Gasteiger partial charge in [0.1, 0.15) is 0 Å². The van der Waals surface area contributed by atoms with E-state index in [2.05, 4.69) is 29.4 Å². The molecular weight excluding hydrogens is 293 g/mol.